The minimum atomic E-state index is 0.905. The standard InChI is InChI=1S/C10H16.C9H17N/c1-2-6-10-8-4-3-7-9(10)5-1;1-2-6-9-8(4-1)5-3-7-10-9/h1-8H2;8-10H,1-7H2. The molecule has 2 unspecified atom stereocenters. The predicted octanol–water partition coefficient (Wildman–Crippen LogP) is 5.36. The van der Waals surface area contributed by atoms with Gasteiger partial charge in [0.25, 0.3) is 0 Å². The van der Waals surface area contributed by atoms with Crippen molar-refractivity contribution in [3.05, 3.63) is 11.1 Å². The Morgan fingerprint density at radius 2 is 1.15 bits per heavy atom. The summed E-state index contributed by atoms with van der Waals surface area (Å²) >= 11 is 0. The number of allylic oxidation sites excluding steroid dienone is 2. The van der Waals surface area contributed by atoms with Gasteiger partial charge < -0.3 is 5.32 Å². The normalized spacial score (nSPS) is 33.6. The van der Waals surface area contributed by atoms with Crippen molar-refractivity contribution < 1.29 is 0 Å². The van der Waals surface area contributed by atoms with Crippen LogP contribution < -0.4 is 5.32 Å². The average Bonchev–Trinajstić information content (AvgIpc) is 2.56. The highest BCUT2D eigenvalue weighted by Gasteiger charge is 2.26. The van der Waals surface area contributed by atoms with Gasteiger partial charge in [0, 0.05) is 6.04 Å². The highest BCUT2D eigenvalue weighted by Crippen LogP contribution is 2.35. The Kier molecular flexibility index (Phi) is 5.59. The molecule has 114 valence electrons. The smallest absolute Gasteiger partial charge is 0.00953 e. The predicted molar refractivity (Wildman–Crippen MR) is 86.9 cm³/mol. The van der Waals surface area contributed by atoms with Crippen LogP contribution in [0, 0.1) is 5.92 Å². The van der Waals surface area contributed by atoms with E-state index in [9.17, 15) is 0 Å². The Labute approximate surface area is 125 Å². The Morgan fingerprint density at radius 1 is 0.600 bits per heavy atom. The first-order valence-corrected chi connectivity index (χ1v) is 9.36. The van der Waals surface area contributed by atoms with Gasteiger partial charge in [0.05, 0.1) is 0 Å². The second-order valence-electron chi connectivity index (χ2n) is 7.37. The molecule has 0 bridgehead atoms. The second-order valence-corrected chi connectivity index (χ2v) is 7.37. The molecular weight excluding hydrogens is 242 g/mol. The minimum absolute atomic E-state index is 0.905. The van der Waals surface area contributed by atoms with Crippen LogP contribution in [0.3, 0.4) is 0 Å². The summed E-state index contributed by atoms with van der Waals surface area (Å²) in [6.45, 7) is 1.28. The maximum absolute atomic E-state index is 3.62. The third kappa shape index (κ3) is 3.87. The van der Waals surface area contributed by atoms with Crippen molar-refractivity contribution in [1.29, 1.82) is 0 Å². The molecule has 0 spiro atoms. The molecule has 1 saturated carbocycles. The van der Waals surface area contributed by atoms with Gasteiger partial charge >= 0.3 is 0 Å². The Balaban J connectivity index is 0.000000121. The Bertz CT molecular complexity index is 271. The van der Waals surface area contributed by atoms with E-state index >= 15 is 0 Å². The van der Waals surface area contributed by atoms with Crippen LogP contribution in [0.25, 0.3) is 0 Å². The van der Waals surface area contributed by atoms with Crippen molar-refractivity contribution in [3.8, 4) is 0 Å². The first kappa shape index (κ1) is 14.6. The highest BCUT2D eigenvalue weighted by molar-refractivity contribution is 5.19. The number of hydrogen-bond donors (Lipinski definition) is 1. The van der Waals surface area contributed by atoms with Gasteiger partial charge in [0.15, 0.2) is 0 Å². The molecule has 1 nitrogen and oxygen atoms in total. The summed E-state index contributed by atoms with van der Waals surface area (Å²) in [6.07, 6.45) is 20.5. The van der Waals surface area contributed by atoms with Gasteiger partial charge in [-0.25, -0.2) is 0 Å². The SMILES string of the molecule is C1CCC2=C(C1)CCCC2.C1CCC2NCCCC2C1. The first-order chi connectivity index (χ1) is 9.93. The zero-order valence-corrected chi connectivity index (χ0v) is 13.3. The fraction of sp³-hybridized carbons (Fsp3) is 0.895. The van der Waals surface area contributed by atoms with Crippen molar-refractivity contribution in [2.24, 2.45) is 5.92 Å². The molecule has 0 amide bonds. The van der Waals surface area contributed by atoms with E-state index in [1.807, 2.05) is 11.1 Å². The molecular formula is C19H33N. The van der Waals surface area contributed by atoms with Crippen LogP contribution >= 0.6 is 0 Å². The van der Waals surface area contributed by atoms with Crippen LogP contribution in [-0.4, -0.2) is 12.6 Å². The van der Waals surface area contributed by atoms with E-state index in [0.717, 1.165) is 12.0 Å². The van der Waals surface area contributed by atoms with Crippen LogP contribution in [0.2, 0.25) is 0 Å². The molecule has 0 aromatic carbocycles. The van der Waals surface area contributed by atoms with E-state index in [1.54, 1.807) is 0 Å². The average molecular weight is 275 g/mol. The molecule has 0 aromatic rings. The third-order valence-corrected chi connectivity index (χ3v) is 5.98. The van der Waals surface area contributed by atoms with Crippen molar-refractivity contribution in [2.45, 2.75) is 95.9 Å². The largest absolute Gasteiger partial charge is 0.314 e. The molecule has 20 heavy (non-hydrogen) atoms. The zero-order valence-electron chi connectivity index (χ0n) is 13.3. The molecule has 1 N–H and O–H groups in total. The topological polar surface area (TPSA) is 12.0 Å². The summed E-state index contributed by atoms with van der Waals surface area (Å²) in [5.41, 5.74) is 3.69. The maximum Gasteiger partial charge on any atom is 0.00953 e. The molecule has 1 heterocycles. The summed E-state index contributed by atoms with van der Waals surface area (Å²) in [4.78, 5) is 0. The van der Waals surface area contributed by atoms with E-state index in [0.29, 0.717) is 0 Å². The van der Waals surface area contributed by atoms with Gasteiger partial charge in [-0.05, 0) is 89.5 Å². The Morgan fingerprint density at radius 3 is 1.75 bits per heavy atom. The van der Waals surface area contributed by atoms with E-state index in [4.69, 9.17) is 0 Å². The molecule has 1 saturated heterocycles. The van der Waals surface area contributed by atoms with Crippen molar-refractivity contribution in [1.82, 2.24) is 5.32 Å². The fourth-order valence-electron chi connectivity index (χ4n) is 4.78. The molecule has 1 heteroatoms. The van der Waals surface area contributed by atoms with Gasteiger partial charge in [-0.15, -0.1) is 0 Å². The van der Waals surface area contributed by atoms with Gasteiger partial charge in [0.1, 0.15) is 0 Å². The lowest BCUT2D eigenvalue weighted by Crippen LogP contribution is -2.42. The quantitative estimate of drug-likeness (QED) is 0.587. The Hall–Kier alpha value is -0.300. The second kappa shape index (κ2) is 7.64. The summed E-state index contributed by atoms with van der Waals surface area (Å²) in [6, 6.07) is 0.905. The van der Waals surface area contributed by atoms with Crippen LogP contribution in [0.4, 0.5) is 0 Å². The fourth-order valence-corrected chi connectivity index (χ4v) is 4.78. The van der Waals surface area contributed by atoms with Gasteiger partial charge in [0.2, 0.25) is 0 Å². The van der Waals surface area contributed by atoms with Crippen LogP contribution in [0.15, 0.2) is 11.1 Å². The number of fused-ring (bicyclic) bond motifs is 1. The summed E-state index contributed by atoms with van der Waals surface area (Å²) in [7, 11) is 0. The zero-order chi connectivity index (χ0) is 13.6. The number of hydrogen-bond acceptors (Lipinski definition) is 1. The van der Waals surface area contributed by atoms with Gasteiger partial charge in [-0.1, -0.05) is 24.0 Å². The van der Waals surface area contributed by atoms with Crippen molar-refractivity contribution >= 4 is 0 Å². The number of rotatable bonds is 0. The minimum Gasteiger partial charge on any atom is -0.314 e. The molecule has 0 aromatic heterocycles. The lowest BCUT2D eigenvalue weighted by molar-refractivity contribution is 0.212. The first-order valence-electron chi connectivity index (χ1n) is 9.36. The highest BCUT2D eigenvalue weighted by atomic mass is 14.9. The van der Waals surface area contributed by atoms with Crippen LogP contribution in [0.5, 0.6) is 0 Å². The van der Waals surface area contributed by atoms with Crippen LogP contribution in [0.1, 0.15) is 89.9 Å². The number of nitrogens with one attached hydrogen (secondary N) is 1. The summed E-state index contributed by atoms with van der Waals surface area (Å²) in [5.74, 6) is 1.04. The third-order valence-electron chi connectivity index (χ3n) is 5.98. The molecule has 2 atom stereocenters. The maximum atomic E-state index is 3.62. The molecule has 4 rings (SSSR count). The lowest BCUT2D eigenvalue weighted by Gasteiger charge is -2.36. The lowest BCUT2D eigenvalue weighted by atomic mass is 9.80. The van der Waals surface area contributed by atoms with E-state index in [2.05, 4.69) is 5.32 Å². The van der Waals surface area contributed by atoms with Crippen LogP contribution in [-0.2, 0) is 0 Å². The molecule has 0 radical (unpaired) electrons. The monoisotopic (exact) mass is 275 g/mol. The van der Waals surface area contributed by atoms with Gasteiger partial charge in [-0.2, -0.15) is 0 Å². The van der Waals surface area contributed by atoms with Crippen molar-refractivity contribution in [2.75, 3.05) is 6.54 Å². The molecule has 4 aliphatic rings. The van der Waals surface area contributed by atoms with E-state index in [-0.39, 0.29) is 0 Å². The van der Waals surface area contributed by atoms with E-state index in [1.165, 1.54) is 96.4 Å². The van der Waals surface area contributed by atoms with Gasteiger partial charge in [-0.3, -0.25) is 0 Å². The molecule has 1 aliphatic heterocycles. The molecule has 3 aliphatic carbocycles. The van der Waals surface area contributed by atoms with Crippen molar-refractivity contribution in [3.63, 3.8) is 0 Å². The van der Waals surface area contributed by atoms with E-state index < -0.39 is 0 Å². The molecule has 2 fully saturated rings. The summed E-state index contributed by atoms with van der Waals surface area (Å²) < 4.78 is 0. The number of piperidine rings is 1. The summed E-state index contributed by atoms with van der Waals surface area (Å²) in [5, 5.41) is 3.62.